The average molecular weight is 285 g/mol. The van der Waals surface area contributed by atoms with Gasteiger partial charge in [0.15, 0.2) is 0 Å². The number of carbonyl (C=O) groups is 3. The molecule has 1 aliphatic rings. The van der Waals surface area contributed by atoms with Crippen molar-refractivity contribution in [3.05, 3.63) is 0 Å². The van der Waals surface area contributed by atoms with Gasteiger partial charge in [-0.2, -0.15) is 0 Å². The molecule has 1 heterocycles. The summed E-state index contributed by atoms with van der Waals surface area (Å²) in [4.78, 5) is 37.5. The van der Waals surface area contributed by atoms with Crippen molar-refractivity contribution in [2.45, 2.75) is 32.2 Å². The molecule has 20 heavy (non-hydrogen) atoms. The van der Waals surface area contributed by atoms with E-state index in [0.717, 1.165) is 6.42 Å². The zero-order chi connectivity index (χ0) is 15.3. The van der Waals surface area contributed by atoms with Crippen molar-refractivity contribution in [3.63, 3.8) is 0 Å². The van der Waals surface area contributed by atoms with Crippen molar-refractivity contribution in [3.8, 4) is 0 Å². The van der Waals surface area contributed by atoms with Crippen LogP contribution >= 0.6 is 0 Å². The van der Waals surface area contributed by atoms with Gasteiger partial charge in [-0.1, -0.05) is 6.92 Å². The van der Waals surface area contributed by atoms with Gasteiger partial charge in [0.1, 0.15) is 6.04 Å². The van der Waals surface area contributed by atoms with Crippen LogP contribution in [0.2, 0.25) is 0 Å². The molecule has 7 nitrogen and oxygen atoms in total. The van der Waals surface area contributed by atoms with E-state index in [4.69, 9.17) is 10.8 Å². The fraction of sp³-hybridized carbons (Fsp3) is 0.769. The fourth-order valence-electron chi connectivity index (χ4n) is 2.53. The van der Waals surface area contributed by atoms with Crippen molar-refractivity contribution >= 4 is 17.8 Å². The summed E-state index contributed by atoms with van der Waals surface area (Å²) in [6.07, 6.45) is 1.89. The Morgan fingerprint density at radius 3 is 2.60 bits per heavy atom. The Bertz CT molecular complexity index is 386. The average Bonchev–Trinajstić information content (AvgIpc) is 2.39. The molecule has 2 atom stereocenters. The normalized spacial score (nSPS) is 20.8. The van der Waals surface area contributed by atoms with Crippen molar-refractivity contribution in [1.29, 1.82) is 0 Å². The Hall–Kier alpha value is -1.63. The number of aliphatic carboxylic acids is 1. The van der Waals surface area contributed by atoms with E-state index >= 15 is 0 Å². The molecule has 0 aromatic heterocycles. The number of piperidine rings is 1. The van der Waals surface area contributed by atoms with Crippen molar-refractivity contribution in [2.24, 2.45) is 11.7 Å². The van der Waals surface area contributed by atoms with Gasteiger partial charge in [-0.25, -0.2) is 0 Å². The van der Waals surface area contributed by atoms with Crippen LogP contribution in [0.3, 0.4) is 0 Å². The number of likely N-dealkylation sites (N-methyl/N-ethyl adjacent to an activating group) is 1. The van der Waals surface area contributed by atoms with Gasteiger partial charge in [0.2, 0.25) is 11.8 Å². The van der Waals surface area contributed by atoms with Crippen LogP contribution in [-0.2, 0) is 14.4 Å². The first kappa shape index (κ1) is 16.4. The van der Waals surface area contributed by atoms with E-state index in [1.54, 1.807) is 18.9 Å². The Balaban J connectivity index is 2.57. The highest BCUT2D eigenvalue weighted by Gasteiger charge is 2.29. The molecular formula is C13H23N3O4. The maximum absolute atomic E-state index is 12.2. The second kappa shape index (κ2) is 7.23. The number of carboxylic acids is 1. The van der Waals surface area contributed by atoms with Gasteiger partial charge < -0.3 is 15.7 Å². The van der Waals surface area contributed by atoms with Crippen LogP contribution in [0.5, 0.6) is 0 Å². The number of primary amides is 1. The van der Waals surface area contributed by atoms with Crippen molar-refractivity contribution < 1.29 is 19.5 Å². The molecule has 1 rings (SSSR count). The third kappa shape index (κ3) is 4.19. The molecule has 7 heteroatoms. The molecule has 0 aromatic rings. The molecule has 3 N–H and O–H groups in total. The lowest BCUT2D eigenvalue weighted by molar-refractivity contribution is -0.144. The van der Waals surface area contributed by atoms with Crippen molar-refractivity contribution in [1.82, 2.24) is 9.80 Å². The number of nitrogens with zero attached hydrogens (tertiary/aromatic N) is 2. The van der Waals surface area contributed by atoms with E-state index in [1.165, 1.54) is 4.90 Å². The second-order valence-corrected chi connectivity index (χ2v) is 5.26. The highest BCUT2D eigenvalue weighted by atomic mass is 16.4. The lowest BCUT2D eigenvalue weighted by atomic mass is 9.97. The molecule has 2 unspecified atom stereocenters. The van der Waals surface area contributed by atoms with Gasteiger partial charge >= 0.3 is 5.97 Å². The number of carbonyl (C=O) groups excluding carboxylic acids is 2. The first-order valence-electron chi connectivity index (χ1n) is 6.87. The first-order chi connectivity index (χ1) is 9.36. The summed E-state index contributed by atoms with van der Waals surface area (Å²) in [5, 5.41) is 9.05. The van der Waals surface area contributed by atoms with Crippen molar-refractivity contribution in [2.75, 3.05) is 26.7 Å². The van der Waals surface area contributed by atoms with Crippen LogP contribution in [-0.4, -0.2) is 65.4 Å². The SMILES string of the molecule is CCC(C(=O)O)N(C)CC(=O)N1CCCC(C(N)=O)C1. The van der Waals surface area contributed by atoms with E-state index in [0.29, 0.717) is 25.9 Å². The standard InChI is InChI=1S/C13H23N3O4/c1-3-10(13(19)20)15(2)8-11(17)16-6-4-5-9(7-16)12(14)18/h9-10H,3-8H2,1-2H3,(H2,14,18)(H,19,20). The largest absolute Gasteiger partial charge is 0.480 e. The minimum absolute atomic E-state index is 0.0380. The van der Waals surface area contributed by atoms with Gasteiger partial charge in [-0.15, -0.1) is 0 Å². The highest BCUT2D eigenvalue weighted by Crippen LogP contribution is 2.16. The van der Waals surface area contributed by atoms with Gasteiger partial charge in [0.05, 0.1) is 12.5 Å². The van der Waals surface area contributed by atoms with E-state index in [2.05, 4.69) is 0 Å². The quantitative estimate of drug-likeness (QED) is 0.685. The molecule has 114 valence electrons. The Labute approximate surface area is 118 Å². The first-order valence-corrected chi connectivity index (χ1v) is 6.87. The molecule has 2 amide bonds. The minimum atomic E-state index is -0.934. The van der Waals surface area contributed by atoms with Gasteiger partial charge in [-0.05, 0) is 26.3 Å². The highest BCUT2D eigenvalue weighted by molar-refractivity contribution is 5.82. The summed E-state index contributed by atoms with van der Waals surface area (Å²) in [6.45, 7) is 2.74. The molecule has 1 aliphatic heterocycles. The lowest BCUT2D eigenvalue weighted by Crippen LogP contribution is -2.49. The molecule has 1 saturated heterocycles. The Kier molecular flexibility index (Phi) is 5.94. The van der Waals surface area contributed by atoms with E-state index in [1.807, 2.05) is 0 Å². The molecule has 1 fully saturated rings. The Morgan fingerprint density at radius 1 is 1.45 bits per heavy atom. The number of nitrogens with two attached hydrogens (primary N) is 1. The van der Waals surface area contributed by atoms with Gasteiger partial charge in [-0.3, -0.25) is 19.3 Å². The number of likely N-dealkylation sites (tertiary alicyclic amines) is 1. The summed E-state index contributed by atoms with van der Waals surface area (Å²) in [6, 6.07) is -0.671. The molecular weight excluding hydrogens is 262 g/mol. The smallest absolute Gasteiger partial charge is 0.320 e. The molecule has 0 spiro atoms. The third-order valence-electron chi connectivity index (χ3n) is 3.76. The molecule has 0 aromatic carbocycles. The minimum Gasteiger partial charge on any atom is -0.480 e. The molecule has 0 aliphatic carbocycles. The predicted molar refractivity (Wildman–Crippen MR) is 72.8 cm³/mol. The van der Waals surface area contributed by atoms with E-state index < -0.39 is 12.0 Å². The molecule has 0 bridgehead atoms. The maximum atomic E-state index is 12.2. The van der Waals surface area contributed by atoms with Crippen LogP contribution in [0, 0.1) is 5.92 Å². The van der Waals surface area contributed by atoms with Crippen LogP contribution in [0.15, 0.2) is 0 Å². The summed E-state index contributed by atoms with van der Waals surface area (Å²) >= 11 is 0. The van der Waals surface area contributed by atoms with Crippen LogP contribution < -0.4 is 5.73 Å². The van der Waals surface area contributed by atoms with Crippen LogP contribution in [0.1, 0.15) is 26.2 Å². The topological polar surface area (TPSA) is 104 Å². The maximum Gasteiger partial charge on any atom is 0.320 e. The summed E-state index contributed by atoms with van der Waals surface area (Å²) in [7, 11) is 1.62. The molecule has 0 saturated carbocycles. The second-order valence-electron chi connectivity index (χ2n) is 5.26. The number of rotatable bonds is 6. The zero-order valence-electron chi connectivity index (χ0n) is 12.0. The van der Waals surface area contributed by atoms with Gasteiger partial charge in [0.25, 0.3) is 0 Å². The predicted octanol–water partition coefficient (Wildman–Crippen LogP) is -0.495. The van der Waals surface area contributed by atoms with E-state index in [-0.39, 0.29) is 24.3 Å². The van der Waals surface area contributed by atoms with Gasteiger partial charge in [0, 0.05) is 13.1 Å². The molecule has 0 radical (unpaired) electrons. The monoisotopic (exact) mass is 285 g/mol. The zero-order valence-corrected chi connectivity index (χ0v) is 12.0. The lowest BCUT2D eigenvalue weighted by Gasteiger charge is -2.33. The number of hydrogen-bond donors (Lipinski definition) is 2. The number of carboxylic acid groups (broad SMARTS) is 1. The van der Waals surface area contributed by atoms with Crippen LogP contribution in [0.4, 0.5) is 0 Å². The number of amides is 2. The van der Waals surface area contributed by atoms with Crippen LogP contribution in [0.25, 0.3) is 0 Å². The Morgan fingerprint density at radius 2 is 2.10 bits per heavy atom. The van der Waals surface area contributed by atoms with E-state index in [9.17, 15) is 14.4 Å². The third-order valence-corrected chi connectivity index (χ3v) is 3.76. The summed E-state index contributed by atoms with van der Waals surface area (Å²) in [5.74, 6) is -1.76. The number of hydrogen-bond acceptors (Lipinski definition) is 4. The summed E-state index contributed by atoms with van der Waals surface area (Å²) < 4.78 is 0. The fourth-order valence-corrected chi connectivity index (χ4v) is 2.53. The summed E-state index contributed by atoms with van der Waals surface area (Å²) in [5.41, 5.74) is 5.28.